The molecule has 0 atom stereocenters. The van der Waals surface area contributed by atoms with Gasteiger partial charge in [0.25, 0.3) is 0 Å². The molecule has 144 valence electrons. The number of aromatic amines is 1. The van der Waals surface area contributed by atoms with Gasteiger partial charge >= 0.3 is 0 Å². The van der Waals surface area contributed by atoms with Crippen molar-refractivity contribution in [2.75, 3.05) is 0 Å². The van der Waals surface area contributed by atoms with E-state index in [1.807, 2.05) is 72.9 Å². The van der Waals surface area contributed by atoms with Gasteiger partial charge in [-0.15, -0.1) is 0 Å². The molecule has 5 heteroatoms. The Hall–Kier alpha value is -4.25. The zero-order chi connectivity index (χ0) is 20.3. The van der Waals surface area contributed by atoms with E-state index in [-0.39, 0.29) is 5.75 Å². The van der Waals surface area contributed by atoms with E-state index in [4.69, 9.17) is 0 Å². The quantitative estimate of drug-likeness (QED) is 0.421. The molecule has 0 aliphatic heterocycles. The van der Waals surface area contributed by atoms with E-state index in [9.17, 15) is 5.11 Å². The number of rotatable bonds is 4. The Morgan fingerprint density at radius 3 is 2.30 bits per heavy atom. The van der Waals surface area contributed by atoms with Crippen LogP contribution in [0, 0.1) is 0 Å². The minimum atomic E-state index is 0.134. The fraction of sp³-hybridized carbons (Fsp3) is 0. The summed E-state index contributed by atoms with van der Waals surface area (Å²) < 4.78 is 0. The van der Waals surface area contributed by atoms with Gasteiger partial charge in [-0.25, -0.2) is 15.0 Å². The minimum absolute atomic E-state index is 0.134. The first-order chi connectivity index (χ1) is 14.8. The summed E-state index contributed by atoms with van der Waals surface area (Å²) in [6, 6.07) is 24.9. The van der Waals surface area contributed by atoms with Crippen LogP contribution >= 0.6 is 0 Å². The molecular formula is C25H18N4O. The van der Waals surface area contributed by atoms with E-state index in [0.717, 1.165) is 22.0 Å². The Balaban J connectivity index is 1.62. The Morgan fingerprint density at radius 2 is 1.43 bits per heavy atom. The smallest absolute Gasteiger partial charge is 0.167 e. The molecule has 0 fully saturated rings. The molecule has 0 saturated heterocycles. The van der Waals surface area contributed by atoms with Crippen molar-refractivity contribution in [1.82, 2.24) is 19.9 Å². The number of phenols is 1. The van der Waals surface area contributed by atoms with Crippen molar-refractivity contribution in [2.45, 2.75) is 0 Å². The number of aromatic nitrogens is 4. The summed E-state index contributed by atoms with van der Waals surface area (Å²) in [5, 5.41) is 11.4. The molecule has 0 radical (unpaired) electrons. The van der Waals surface area contributed by atoms with E-state index in [2.05, 4.69) is 26.0 Å². The van der Waals surface area contributed by atoms with Crippen molar-refractivity contribution in [3.8, 4) is 28.5 Å². The van der Waals surface area contributed by atoms with E-state index in [0.29, 0.717) is 23.0 Å². The van der Waals surface area contributed by atoms with Crippen LogP contribution in [-0.2, 0) is 0 Å². The fourth-order valence-corrected chi connectivity index (χ4v) is 3.36. The van der Waals surface area contributed by atoms with Gasteiger partial charge in [-0.3, -0.25) is 0 Å². The Morgan fingerprint density at radius 1 is 0.700 bits per heavy atom. The molecule has 0 saturated carbocycles. The van der Waals surface area contributed by atoms with Gasteiger partial charge in [-0.05, 0) is 35.9 Å². The molecule has 0 aliphatic rings. The molecule has 5 nitrogen and oxygen atoms in total. The summed E-state index contributed by atoms with van der Waals surface area (Å²) in [6.07, 6.45) is 5.81. The third-order valence-electron chi connectivity index (χ3n) is 4.86. The highest BCUT2D eigenvalue weighted by Crippen LogP contribution is 2.28. The summed E-state index contributed by atoms with van der Waals surface area (Å²) >= 11 is 0. The number of hydrogen-bond donors (Lipinski definition) is 2. The van der Waals surface area contributed by atoms with Gasteiger partial charge in [0.1, 0.15) is 5.75 Å². The summed E-state index contributed by atoms with van der Waals surface area (Å²) in [5.74, 6) is 1.64. The second-order valence-corrected chi connectivity index (χ2v) is 6.85. The third-order valence-corrected chi connectivity index (χ3v) is 4.86. The lowest BCUT2D eigenvalue weighted by Crippen LogP contribution is -1.99. The van der Waals surface area contributed by atoms with Gasteiger partial charge in [0, 0.05) is 22.7 Å². The topological polar surface area (TPSA) is 74.7 Å². The second-order valence-electron chi connectivity index (χ2n) is 6.85. The molecule has 2 N–H and O–H groups in total. The highest BCUT2D eigenvalue weighted by Gasteiger charge is 2.12. The average molecular weight is 390 g/mol. The zero-order valence-corrected chi connectivity index (χ0v) is 16.0. The molecule has 30 heavy (non-hydrogen) atoms. The third kappa shape index (κ3) is 3.44. The lowest BCUT2D eigenvalue weighted by molar-refractivity contribution is 0.477. The lowest BCUT2D eigenvalue weighted by atomic mass is 10.1. The maximum Gasteiger partial charge on any atom is 0.167 e. The Bertz CT molecular complexity index is 1360. The SMILES string of the molecule is Oc1ccccc1-c1nc(C=Cc2c[nH]c3ccccc23)nc(-c2ccccc2)n1. The maximum atomic E-state index is 10.3. The van der Waals surface area contributed by atoms with Gasteiger partial charge < -0.3 is 10.1 Å². The van der Waals surface area contributed by atoms with Crippen molar-refractivity contribution in [3.63, 3.8) is 0 Å². The predicted molar refractivity (Wildman–Crippen MR) is 120 cm³/mol. The molecule has 0 unspecified atom stereocenters. The number of nitrogens with zero attached hydrogens (tertiary/aromatic N) is 3. The number of nitrogens with one attached hydrogen (secondary N) is 1. The van der Waals surface area contributed by atoms with Crippen LogP contribution < -0.4 is 0 Å². The molecule has 5 rings (SSSR count). The summed E-state index contributed by atoms with van der Waals surface area (Å²) in [6.45, 7) is 0. The van der Waals surface area contributed by atoms with E-state index < -0.39 is 0 Å². The summed E-state index contributed by atoms with van der Waals surface area (Å²) in [5.41, 5.74) is 3.58. The van der Waals surface area contributed by atoms with Gasteiger partial charge in [-0.1, -0.05) is 60.7 Å². The normalized spacial score (nSPS) is 11.3. The van der Waals surface area contributed by atoms with Gasteiger partial charge in [0.2, 0.25) is 0 Å². The van der Waals surface area contributed by atoms with Gasteiger partial charge in [-0.2, -0.15) is 0 Å². The molecular weight excluding hydrogens is 372 g/mol. The number of hydrogen-bond acceptors (Lipinski definition) is 4. The average Bonchev–Trinajstić information content (AvgIpc) is 3.21. The number of aromatic hydroxyl groups is 1. The van der Waals surface area contributed by atoms with Crippen LogP contribution in [0.1, 0.15) is 11.4 Å². The predicted octanol–water partition coefficient (Wildman–Crippen LogP) is 5.56. The Kier molecular flexibility index (Phi) is 4.54. The van der Waals surface area contributed by atoms with Crippen LogP contribution in [0.2, 0.25) is 0 Å². The minimum Gasteiger partial charge on any atom is -0.507 e. The van der Waals surface area contributed by atoms with Crippen LogP contribution in [0.4, 0.5) is 0 Å². The van der Waals surface area contributed by atoms with Crippen LogP contribution in [-0.4, -0.2) is 25.0 Å². The van der Waals surface area contributed by atoms with Gasteiger partial charge in [0.05, 0.1) is 5.56 Å². The maximum absolute atomic E-state index is 10.3. The van der Waals surface area contributed by atoms with Crippen molar-refractivity contribution in [1.29, 1.82) is 0 Å². The van der Waals surface area contributed by atoms with Crippen molar-refractivity contribution in [2.24, 2.45) is 0 Å². The molecule has 0 aliphatic carbocycles. The molecule has 0 amide bonds. The molecule has 0 bridgehead atoms. The number of fused-ring (bicyclic) bond motifs is 1. The van der Waals surface area contributed by atoms with E-state index in [1.165, 1.54) is 0 Å². The Labute approximate surface area is 173 Å². The highest BCUT2D eigenvalue weighted by atomic mass is 16.3. The van der Waals surface area contributed by atoms with E-state index in [1.54, 1.807) is 18.2 Å². The van der Waals surface area contributed by atoms with Gasteiger partial charge in [0.15, 0.2) is 17.5 Å². The number of benzene rings is 3. The van der Waals surface area contributed by atoms with Crippen LogP contribution in [0.15, 0.2) is 85.1 Å². The number of para-hydroxylation sites is 2. The largest absolute Gasteiger partial charge is 0.507 e. The number of phenolic OH excluding ortho intramolecular Hbond substituents is 1. The summed E-state index contributed by atoms with van der Waals surface area (Å²) in [7, 11) is 0. The molecule has 2 aromatic heterocycles. The van der Waals surface area contributed by atoms with Crippen molar-refractivity contribution < 1.29 is 5.11 Å². The van der Waals surface area contributed by atoms with E-state index >= 15 is 0 Å². The first kappa shape index (κ1) is 17.8. The summed E-state index contributed by atoms with van der Waals surface area (Å²) in [4.78, 5) is 17.1. The molecule has 0 spiro atoms. The number of H-pyrrole nitrogens is 1. The molecule has 3 aromatic carbocycles. The van der Waals surface area contributed by atoms with Crippen LogP contribution in [0.3, 0.4) is 0 Å². The van der Waals surface area contributed by atoms with Crippen LogP contribution in [0.25, 0.3) is 45.8 Å². The standard InChI is InChI=1S/C25H18N4O/c30-22-13-7-5-11-20(22)25-28-23(27-24(29-25)17-8-2-1-3-9-17)15-14-18-16-26-21-12-6-4-10-19(18)21/h1-16,26,30H. The molecule has 5 aromatic rings. The first-order valence-corrected chi connectivity index (χ1v) is 9.62. The first-order valence-electron chi connectivity index (χ1n) is 9.62. The van der Waals surface area contributed by atoms with Crippen molar-refractivity contribution >= 4 is 23.1 Å². The lowest BCUT2D eigenvalue weighted by Gasteiger charge is -2.07. The zero-order valence-electron chi connectivity index (χ0n) is 16.0. The second kappa shape index (κ2) is 7.64. The highest BCUT2D eigenvalue weighted by molar-refractivity contribution is 5.91. The molecule has 2 heterocycles. The monoisotopic (exact) mass is 390 g/mol. The van der Waals surface area contributed by atoms with Crippen LogP contribution in [0.5, 0.6) is 5.75 Å². The fourth-order valence-electron chi connectivity index (χ4n) is 3.36. The van der Waals surface area contributed by atoms with Crippen molar-refractivity contribution in [3.05, 3.63) is 96.4 Å².